The Labute approximate surface area is 150 Å². The summed E-state index contributed by atoms with van der Waals surface area (Å²) in [6, 6.07) is 5.12. The Morgan fingerprint density at radius 3 is 3.00 bits per heavy atom. The van der Waals surface area contributed by atoms with E-state index in [2.05, 4.69) is 20.3 Å². The molecule has 8 nitrogen and oxygen atoms in total. The quantitative estimate of drug-likeness (QED) is 0.776. The molecule has 3 aromatic rings. The third-order valence-corrected chi connectivity index (χ3v) is 4.58. The number of hydrogen-bond donors (Lipinski definition) is 1. The first-order valence-corrected chi connectivity index (χ1v) is 8.42. The Hall–Kier alpha value is -3.00. The predicted molar refractivity (Wildman–Crippen MR) is 92.4 cm³/mol. The van der Waals surface area contributed by atoms with Gasteiger partial charge in [-0.25, -0.2) is 0 Å². The lowest BCUT2D eigenvalue weighted by Crippen LogP contribution is -2.43. The van der Waals surface area contributed by atoms with Crippen molar-refractivity contribution in [3.05, 3.63) is 53.2 Å². The summed E-state index contributed by atoms with van der Waals surface area (Å²) in [5, 5.41) is 11.2. The molecule has 1 aliphatic rings. The molecule has 0 saturated carbocycles. The smallest absolute Gasteiger partial charge is 0.276 e. The molecule has 0 aliphatic carbocycles. The minimum atomic E-state index is -0.200. The molecule has 1 amide bonds. The van der Waals surface area contributed by atoms with Gasteiger partial charge < -0.3 is 14.2 Å². The number of aryl methyl sites for hydroxylation is 2. The Morgan fingerprint density at radius 2 is 2.27 bits per heavy atom. The van der Waals surface area contributed by atoms with Crippen LogP contribution in [-0.4, -0.2) is 50.9 Å². The van der Waals surface area contributed by atoms with E-state index in [1.54, 1.807) is 23.4 Å². The Kier molecular flexibility index (Phi) is 4.26. The van der Waals surface area contributed by atoms with Crippen molar-refractivity contribution in [1.29, 1.82) is 0 Å². The molecule has 1 atom stereocenters. The highest BCUT2D eigenvalue weighted by atomic mass is 16.5. The van der Waals surface area contributed by atoms with Gasteiger partial charge in [0, 0.05) is 41.8 Å². The van der Waals surface area contributed by atoms with Gasteiger partial charge in [0.2, 0.25) is 0 Å². The molecular formula is C18H19N5O3. The number of carbonyl (C=O) groups excluding carboxylic acids is 1. The summed E-state index contributed by atoms with van der Waals surface area (Å²) >= 11 is 0. The van der Waals surface area contributed by atoms with Crippen molar-refractivity contribution in [2.75, 3.05) is 19.8 Å². The molecule has 0 bridgehead atoms. The SMILES string of the molecule is Cc1n[nH]c(C)c1C1COCCN1C(=O)c1cc(-c2cccnc2)on1. The second-order valence-electron chi connectivity index (χ2n) is 6.26. The molecular weight excluding hydrogens is 334 g/mol. The standard InChI is InChI=1S/C18H19N5O3/c1-11-17(12(2)21-20-11)15-10-25-7-6-23(15)18(24)14-8-16(26-22-14)13-4-3-5-19-9-13/h3-5,8-9,15H,6-7,10H2,1-2H3,(H,20,21). The zero-order valence-electron chi connectivity index (χ0n) is 14.6. The van der Waals surface area contributed by atoms with Gasteiger partial charge >= 0.3 is 0 Å². The topological polar surface area (TPSA) is 97.1 Å². The number of rotatable bonds is 3. The number of hydrogen-bond acceptors (Lipinski definition) is 6. The molecule has 1 fully saturated rings. The van der Waals surface area contributed by atoms with E-state index in [0.717, 1.165) is 22.5 Å². The monoisotopic (exact) mass is 353 g/mol. The van der Waals surface area contributed by atoms with E-state index in [9.17, 15) is 4.79 Å². The third kappa shape index (κ3) is 2.88. The van der Waals surface area contributed by atoms with E-state index >= 15 is 0 Å². The van der Waals surface area contributed by atoms with E-state index in [-0.39, 0.29) is 17.6 Å². The Balaban J connectivity index is 1.63. The summed E-state index contributed by atoms with van der Waals surface area (Å²) in [6.45, 7) is 5.28. The number of H-pyrrole nitrogens is 1. The van der Waals surface area contributed by atoms with Crippen molar-refractivity contribution < 1.29 is 14.1 Å². The summed E-state index contributed by atoms with van der Waals surface area (Å²) in [6.07, 6.45) is 3.35. The van der Waals surface area contributed by atoms with Crippen LogP contribution in [0.15, 0.2) is 35.1 Å². The molecule has 8 heteroatoms. The number of ether oxygens (including phenoxy) is 1. The maximum Gasteiger partial charge on any atom is 0.276 e. The van der Waals surface area contributed by atoms with E-state index in [1.165, 1.54) is 0 Å². The molecule has 0 spiro atoms. The normalized spacial score (nSPS) is 17.5. The van der Waals surface area contributed by atoms with Crippen LogP contribution in [0.2, 0.25) is 0 Å². The number of amides is 1. The fourth-order valence-electron chi connectivity index (χ4n) is 3.30. The van der Waals surface area contributed by atoms with E-state index in [1.807, 2.05) is 26.0 Å². The molecule has 0 radical (unpaired) electrons. The zero-order chi connectivity index (χ0) is 18.1. The van der Waals surface area contributed by atoms with Crippen molar-refractivity contribution in [2.45, 2.75) is 19.9 Å². The highest BCUT2D eigenvalue weighted by Gasteiger charge is 2.33. The second kappa shape index (κ2) is 6.72. The molecule has 1 N–H and O–H groups in total. The number of nitrogens with one attached hydrogen (secondary N) is 1. The highest BCUT2D eigenvalue weighted by Crippen LogP contribution is 2.30. The average Bonchev–Trinajstić information content (AvgIpc) is 3.29. The van der Waals surface area contributed by atoms with Crippen molar-refractivity contribution in [3.8, 4) is 11.3 Å². The number of morpholine rings is 1. The Bertz CT molecular complexity index is 899. The minimum absolute atomic E-state index is 0.183. The molecule has 0 aromatic carbocycles. The van der Waals surface area contributed by atoms with Crippen LogP contribution in [0.1, 0.15) is 33.5 Å². The van der Waals surface area contributed by atoms with Gasteiger partial charge in [-0.3, -0.25) is 14.9 Å². The Morgan fingerprint density at radius 1 is 1.38 bits per heavy atom. The van der Waals surface area contributed by atoms with Crippen LogP contribution in [0.4, 0.5) is 0 Å². The van der Waals surface area contributed by atoms with Gasteiger partial charge in [-0.1, -0.05) is 5.16 Å². The maximum absolute atomic E-state index is 13.1. The lowest BCUT2D eigenvalue weighted by atomic mass is 10.0. The van der Waals surface area contributed by atoms with Crippen molar-refractivity contribution in [3.63, 3.8) is 0 Å². The molecule has 4 heterocycles. The molecule has 26 heavy (non-hydrogen) atoms. The average molecular weight is 353 g/mol. The van der Waals surface area contributed by atoms with Gasteiger partial charge in [-0.15, -0.1) is 0 Å². The number of aromatic nitrogens is 4. The van der Waals surface area contributed by atoms with Crippen molar-refractivity contribution >= 4 is 5.91 Å². The fourth-order valence-corrected chi connectivity index (χ4v) is 3.30. The molecule has 134 valence electrons. The first-order valence-electron chi connectivity index (χ1n) is 8.42. The summed E-state index contributed by atoms with van der Waals surface area (Å²) in [7, 11) is 0. The van der Waals surface area contributed by atoms with Gasteiger partial charge in [0.1, 0.15) is 0 Å². The molecule has 1 saturated heterocycles. The largest absolute Gasteiger partial charge is 0.377 e. The number of pyridine rings is 1. The van der Waals surface area contributed by atoms with Crippen LogP contribution in [0.5, 0.6) is 0 Å². The summed E-state index contributed by atoms with van der Waals surface area (Å²) in [5.74, 6) is 0.333. The molecule has 1 unspecified atom stereocenters. The number of nitrogens with zero attached hydrogens (tertiary/aromatic N) is 4. The predicted octanol–water partition coefficient (Wildman–Crippen LogP) is 2.29. The molecule has 1 aliphatic heterocycles. The minimum Gasteiger partial charge on any atom is -0.377 e. The van der Waals surface area contributed by atoms with Crippen LogP contribution in [-0.2, 0) is 4.74 Å². The van der Waals surface area contributed by atoms with E-state index < -0.39 is 0 Å². The fraction of sp³-hybridized carbons (Fsp3) is 0.333. The lowest BCUT2D eigenvalue weighted by molar-refractivity contribution is -0.00351. The third-order valence-electron chi connectivity index (χ3n) is 4.58. The van der Waals surface area contributed by atoms with Crippen molar-refractivity contribution in [1.82, 2.24) is 25.2 Å². The zero-order valence-corrected chi connectivity index (χ0v) is 14.6. The van der Waals surface area contributed by atoms with Crippen LogP contribution in [0.3, 0.4) is 0 Å². The highest BCUT2D eigenvalue weighted by molar-refractivity contribution is 5.93. The van der Waals surface area contributed by atoms with Crippen LogP contribution in [0.25, 0.3) is 11.3 Å². The maximum atomic E-state index is 13.1. The van der Waals surface area contributed by atoms with Gasteiger partial charge in [-0.2, -0.15) is 5.10 Å². The van der Waals surface area contributed by atoms with Gasteiger partial charge in [0.15, 0.2) is 11.5 Å². The van der Waals surface area contributed by atoms with Crippen LogP contribution < -0.4 is 0 Å². The van der Waals surface area contributed by atoms with Gasteiger partial charge in [0.05, 0.1) is 24.9 Å². The first kappa shape index (κ1) is 16.5. The number of aromatic amines is 1. The van der Waals surface area contributed by atoms with Crippen LogP contribution in [0, 0.1) is 13.8 Å². The molecule has 3 aromatic heterocycles. The molecule has 4 rings (SSSR count). The summed E-state index contributed by atoms with van der Waals surface area (Å²) in [5.41, 5.74) is 3.85. The summed E-state index contributed by atoms with van der Waals surface area (Å²) < 4.78 is 11.0. The first-order chi connectivity index (χ1) is 12.6. The summed E-state index contributed by atoms with van der Waals surface area (Å²) in [4.78, 5) is 18.9. The van der Waals surface area contributed by atoms with E-state index in [0.29, 0.717) is 25.5 Å². The number of carbonyl (C=O) groups is 1. The lowest BCUT2D eigenvalue weighted by Gasteiger charge is -2.35. The van der Waals surface area contributed by atoms with Gasteiger partial charge in [-0.05, 0) is 26.0 Å². The van der Waals surface area contributed by atoms with E-state index in [4.69, 9.17) is 9.26 Å². The second-order valence-corrected chi connectivity index (χ2v) is 6.26. The van der Waals surface area contributed by atoms with Crippen LogP contribution >= 0.6 is 0 Å². The van der Waals surface area contributed by atoms with Gasteiger partial charge in [0.25, 0.3) is 5.91 Å². The van der Waals surface area contributed by atoms with Crippen molar-refractivity contribution in [2.24, 2.45) is 0 Å².